The van der Waals surface area contributed by atoms with E-state index in [4.69, 9.17) is 16.7 Å². The first-order valence-electron chi connectivity index (χ1n) is 5.57. The Kier molecular flexibility index (Phi) is 3.49. The molecule has 0 aliphatic rings. The van der Waals surface area contributed by atoms with Crippen LogP contribution < -0.4 is 0 Å². The molecule has 0 amide bonds. The molecule has 0 saturated carbocycles. The average molecular weight is 299 g/mol. The predicted octanol–water partition coefficient (Wildman–Crippen LogP) is 1.84. The minimum absolute atomic E-state index is 0.0889. The second-order valence-electron chi connectivity index (χ2n) is 4.24. The van der Waals surface area contributed by atoms with Gasteiger partial charge in [0.15, 0.2) is 0 Å². The van der Waals surface area contributed by atoms with Gasteiger partial charge in [0.1, 0.15) is 5.69 Å². The van der Waals surface area contributed by atoms with Crippen molar-refractivity contribution >= 4 is 23.3 Å². The fourth-order valence-corrected chi connectivity index (χ4v) is 2.14. The number of aryl methyl sites for hydroxylation is 2. The van der Waals surface area contributed by atoms with Gasteiger partial charge in [-0.1, -0.05) is 11.6 Å². The summed E-state index contributed by atoms with van der Waals surface area (Å²) in [5.74, 6) is -1.24. The molecule has 2 aromatic rings. The molecule has 1 N–H and O–H groups in total. The first kappa shape index (κ1) is 14.1. The van der Waals surface area contributed by atoms with Crippen LogP contribution in [0.4, 0.5) is 5.69 Å². The van der Waals surface area contributed by atoms with Gasteiger partial charge in [0, 0.05) is 13.1 Å². The molecule has 20 heavy (non-hydrogen) atoms. The Morgan fingerprint density at radius 2 is 2.25 bits per heavy atom. The molecular weight excluding hydrogens is 288 g/mol. The van der Waals surface area contributed by atoms with Crippen LogP contribution in [0.3, 0.4) is 0 Å². The standard InChI is InChI=1S/C11H11ClN4O4/c1-6-10(12)9(14(2)13-6)5-15-4-7(16(19)20)3-8(15)11(17)18/h3-4H,5H2,1-2H3,(H,17,18). The zero-order valence-electron chi connectivity index (χ0n) is 10.7. The number of carbonyl (C=O) groups is 1. The summed E-state index contributed by atoms with van der Waals surface area (Å²) in [4.78, 5) is 21.2. The molecule has 0 aliphatic heterocycles. The summed E-state index contributed by atoms with van der Waals surface area (Å²) in [7, 11) is 1.67. The van der Waals surface area contributed by atoms with E-state index in [0.717, 1.165) is 6.07 Å². The minimum Gasteiger partial charge on any atom is -0.477 e. The average Bonchev–Trinajstić information content (AvgIpc) is 2.87. The Hall–Kier alpha value is -2.35. The predicted molar refractivity (Wildman–Crippen MR) is 70.1 cm³/mol. The van der Waals surface area contributed by atoms with Crippen molar-refractivity contribution in [2.75, 3.05) is 0 Å². The molecule has 106 valence electrons. The van der Waals surface area contributed by atoms with E-state index in [0.29, 0.717) is 16.4 Å². The van der Waals surface area contributed by atoms with Gasteiger partial charge in [-0.2, -0.15) is 5.10 Å². The highest BCUT2D eigenvalue weighted by Crippen LogP contribution is 2.23. The highest BCUT2D eigenvalue weighted by atomic mass is 35.5. The van der Waals surface area contributed by atoms with Crippen LogP contribution in [-0.2, 0) is 13.6 Å². The first-order valence-corrected chi connectivity index (χ1v) is 5.95. The third-order valence-corrected chi connectivity index (χ3v) is 3.39. The highest BCUT2D eigenvalue weighted by molar-refractivity contribution is 6.31. The number of halogens is 1. The van der Waals surface area contributed by atoms with Gasteiger partial charge >= 0.3 is 5.97 Å². The number of hydrogen-bond donors (Lipinski definition) is 1. The van der Waals surface area contributed by atoms with E-state index in [9.17, 15) is 14.9 Å². The molecule has 0 aromatic carbocycles. The monoisotopic (exact) mass is 298 g/mol. The van der Waals surface area contributed by atoms with Gasteiger partial charge in [-0.25, -0.2) is 4.79 Å². The fourth-order valence-electron chi connectivity index (χ4n) is 1.92. The van der Waals surface area contributed by atoms with Crippen LogP contribution >= 0.6 is 11.6 Å². The molecule has 2 rings (SSSR count). The van der Waals surface area contributed by atoms with E-state index in [1.165, 1.54) is 15.4 Å². The van der Waals surface area contributed by atoms with Gasteiger partial charge in [0.25, 0.3) is 5.69 Å². The van der Waals surface area contributed by atoms with Crippen LogP contribution in [0.25, 0.3) is 0 Å². The molecule has 2 aromatic heterocycles. The van der Waals surface area contributed by atoms with E-state index in [2.05, 4.69) is 5.10 Å². The normalized spacial score (nSPS) is 10.8. The van der Waals surface area contributed by atoms with Gasteiger partial charge in [-0.3, -0.25) is 14.8 Å². The molecule has 2 heterocycles. The summed E-state index contributed by atoms with van der Waals surface area (Å²) in [6, 6.07) is 1.01. The van der Waals surface area contributed by atoms with Gasteiger partial charge < -0.3 is 9.67 Å². The van der Waals surface area contributed by atoms with Crippen molar-refractivity contribution in [1.29, 1.82) is 0 Å². The number of aromatic nitrogens is 3. The smallest absolute Gasteiger partial charge is 0.352 e. The van der Waals surface area contributed by atoms with Gasteiger partial charge in [0.05, 0.1) is 34.1 Å². The minimum atomic E-state index is -1.24. The first-order chi connectivity index (χ1) is 9.31. The molecule has 9 heteroatoms. The van der Waals surface area contributed by atoms with Crippen molar-refractivity contribution in [1.82, 2.24) is 14.3 Å². The molecule has 8 nitrogen and oxygen atoms in total. The van der Waals surface area contributed by atoms with Crippen LogP contribution in [-0.4, -0.2) is 30.3 Å². The maximum Gasteiger partial charge on any atom is 0.352 e. The molecule has 0 bridgehead atoms. The van der Waals surface area contributed by atoms with Crippen molar-refractivity contribution < 1.29 is 14.8 Å². The zero-order chi connectivity index (χ0) is 15.0. The van der Waals surface area contributed by atoms with Crippen LogP contribution in [0, 0.1) is 17.0 Å². The lowest BCUT2D eigenvalue weighted by Gasteiger charge is -2.06. The van der Waals surface area contributed by atoms with E-state index in [1.54, 1.807) is 14.0 Å². The highest BCUT2D eigenvalue weighted by Gasteiger charge is 2.21. The topological polar surface area (TPSA) is 103 Å². The van der Waals surface area contributed by atoms with Crippen molar-refractivity contribution in [3.63, 3.8) is 0 Å². The third kappa shape index (κ3) is 2.37. The summed E-state index contributed by atoms with van der Waals surface area (Å²) < 4.78 is 2.79. The van der Waals surface area contributed by atoms with Crippen molar-refractivity contribution in [2.24, 2.45) is 7.05 Å². The van der Waals surface area contributed by atoms with E-state index < -0.39 is 10.9 Å². The van der Waals surface area contributed by atoms with Gasteiger partial charge in [-0.15, -0.1) is 0 Å². The summed E-state index contributed by atoms with van der Waals surface area (Å²) in [6.07, 6.45) is 1.17. The molecule has 0 spiro atoms. The molecule has 0 aliphatic carbocycles. The second-order valence-corrected chi connectivity index (χ2v) is 4.62. The third-order valence-electron chi connectivity index (χ3n) is 2.89. The molecular formula is C11H11ClN4O4. The molecule has 0 saturated heterocycles. The Morgan fingerprint density at radius 1 is 1.60 bits per heavy atom. The fraction of sp³-hybridized carbons (Fsp3) is 0.273. The number of rotatable bonds is 4. The lowest BCUT2D eigenvalue weighted by Crippen LogP contribution is -2.11. The maximum atomic E-state index is 11.1. The molecule has 0 radical (unpaired) electrons. The van der Waals surface area contributed by atoms with E-state index in [-0.39, 0.29) is 17.9 Å². The number of nitrogens with zero attached hydrogens (tertiary/aromatic N) is 4. The van der Waals surface area contributed by atoms with Crippen LogP contribution in [0.2, 0.25) is 5.02 Å². The van der Waals surface area contributed by atoms with E-state index in [1.807, 2.05) is 0 Å². The quantitative estimate of drug-likeness (QED) is 0.685. The van der Waals surface area contributed by atoms with Crippen LogP contribution in [0.5, 0.6) is 0 Å². The zero-order valence-corrected chi connectivity index (χ0v) is 11.5. The van der Waals surface area contributed by atoms with Gasteiger partial charge in [0.2, 0.25) is 0 Å². The number of carboxylic acids is 1. The Balaban J connectivity index is 2.47. The van der Waals surface area contributed by atoms with Crippen LogP contribution in [0.15, 0.2) is 12.3 Å². The van der Waals surface area contributed by atoms with Crippen molar-refractivity contribution in [3.8, 4) is 0 Å². The summed E-state index contributed by atoms with van der Waals surface area (Å²) in [5.41, 5.74) is 0.740. The largest absolute Gasteiger partial charge is 0.477 e. The van der Waals surface area contributed by atoms with Crippen molar-refractivity contribution in [2.45, 2.75) is 13.5 Å². The number of hydrogen-bond acceptors (Lipinski definition) is 4. The summed E-state index contributed by atoms with van der Waals surface area (Å²) >= 11 is 6.09. The van der Waals surface area contributed by atoms with Crippen LogP contribution in [0.1, 0.15) is 21.9 Å². The number of carboxylic acid groups (broad SMARTS) is 1. The number of nitro groups is 1. The lowest BCUT2D eigenvalue weighted by atomic mass is 10.3. The SMILES string of the molecule is Cc1nn(C)c(Cn2cc([N+](=O)[O-])cc2C(=O)O)c1Cl. The Labute approximate surface area is 118 Å². The molecule has 0 fully saturated rings. The summed E-state index contributed by atoms with van der Waals surface area (Å²) in [5, 5.41) is 24.3. The van der Waals surface area contributed by atoms with Gasteiger partial charge in [-0.05, 0) is 6.92 Å². The van der Waals surface area contributed by atoms with E-state index >= 15 is 0 Å². The Bertz CT molecular complexity index is 704. The number of aromatic carboxylic acids is 1. The summed E-state index contributed by atoms with van der Waals surface area (Å²) in [6.45, 7) is 1.81. The van der Waals surface area contributed by atoms with Crippen molar-refractivity contribution in [3.05, 3.63) is 44.5 Å². The maximum absolute atomic E-state index is 11.1. The molecule has 0 unspecified atom stereocenters. The molecule has 0 atom stereocenters. The Morgan fingerprint density at radius 3 is 2.70 bits per heavy atom. The lowest BCUT2D eigenvalue weighted by molar-refractivity contribution is -0.384. The second kappa shape index (κ2) is 4.97.